The molecule has 1 saturated carbocycles. The number of nitrogens with zero attached hydrogens (tertiary/aromatic N) is 1. The molecule has 0 aromatic heterocycles. The van der Waals surface area contributed by atoms with Crippen molar-refractivity contribution >= 4 is 32.1 Å². The van der Waals surface area contributed by atoms with Gasteiger partial charge in [0.05, 0.1) is 6.04 Å². The van der Waals surface area contributed by atoms with E-state index in [4.69, 9.17) is 9.16 Å². The number of imide groups is 2. The molecule has 1 saturated heterocycles. The second-order valence-corrected chi connectivity index (χ2v) is 16.3. The van der Waals surface area contributed by atoms with Gasteiger partial charge in [-0.05, 0) is 30.6 Å². The molecule has 1 aromatic rings. The Morgan fingerprint density at radius 1 is 1.19 bits per heavy atom. The van der Waals surface area contributed by atoms with Gasteiger partial charge < -0.3 is 9.16 Å². The van der Waals surface area contributed by atoms with Gasteiger partial charge >= 0.3 is 12.0 Å². The molecule has 8 nitrogen and oxygen atoms in total. The van der Waals surface area contributed by atoms with Crippen molar-refractivity contribution in [3.05, 3.63) is 23.8 Å². The third kappa shape index (κ3) is 4.03. The summed E-state index contributed by atoms with van der Waals surface area (Å²) in [4.78, 5) is 52.1. The van der Waals surface area contributed by atoms with Gasteiger partial charge in [0, 0.05) is 24.0 Å². The first-order valence-electron chi connectivity index (χ1n) is 12.6. The Balaban J connectivity index is 1.67. The molecule has 4 atom stereocenters. The van der Waals surface area contributed by atoms with Gasteiger partial charge in [0.2, 0.25) is 19.9 Å². The van der Waals surface area contributed by atoms with E-state index in [0.717, 1.165) is 24.2 Å². The summed E-state index contributed by atoms with van der Waals surface area (Å²) >= 11 is 0. The van der Waals surface area contributed by atoms with E-state index in [1.807, 2.05) is 12.2 Å². The van der Waals surface area contributed by atoms with Gasteiger partial charge in [-0.25, -0.2) is 9.18 Å². The van der Waals surface area contributed by atoms with Crippen LogP contribution in [0.4, 0.5) is 9.18 Å². The molecular formula is C26H35FN2O6Si. The summed E-state index contributed by atoms with van der Waals surface area (Å²) in [7, 11) is -2.18. The van der Waals surface area contributed by atoms with Crippen molar-refractivity contribution < 1.29 is 32.7 Å². The summed E-state index contributed by atoms with van der Waals surface area (Å²) < 4.78 is 28.0. The van der Waals surface area contributed by atoms with Crippen molar-refractivity contribution in [2.24, 2.45) is 5.92 Å². The molecule has 0 unspecified atom stereocenters. The lowest BCUT2D eigenvalue weighted by atomic mass is 9.53. The fourth-order valence-electron chi connectivity index (χ4n) is 5.09. The number of hydrogen-bond acceptors (Lipinski definition) is 6. The quantitative estimate of drug-likeness (QED) is 0.240. The average Bonchev–Trinajstić information content (AvgIpc) is 2.76. The summed E-state index contributed by atoms with van der Waals surface area (Å²) in [5.41, 5.74) is -2.25. The molecule has 4 rings (SSSR count). The summed E-state index contributed by atoms with van der Waals surface area (Å²) in [6.07, 6.45) is 3.34. The molecule has 2 fully saturated rings. The second kappa shape index (κ2) is 8.97. The molecule has 3 aliphatic rings. The largest absolute Gasteiger partial charge is 0.543 e. The molecule has 2 aliphatic heterocycles. The number of amides is 4. The molecule has 0 spiro atoms. The van der Waals surface area contributed by atoms with Crippen LogP contribution in [0.1, 0.15) is 71.3 Å². The average molecular weight is 519 g/mol. The highest BCUT2D eigenvalue weighted by molar-refractivity contribution is 6.74. The zero-order valence-electron chi connectivity index (χ0n) is 21.8. The molecule has 196 valence electrons. The molecule has 10 heteroatoms. The van der Waals surface area contributed by atoms with Crippen LogP contribution in [0, 0.1) is 5.92 Å². The van der Waals surface area contributed by atoms with E-state index in [0.29, 0.717) is 17.7 Å². The number of halogens is 1. The Bertz CT molecular complexity index is 1120. The van der Waals surface area contributed by atoms with Gasteiger partial charge in [-0.2, -0.15) is 0 Å². The van der Waals surface area contributed by atoms with Gasteiger partial charge in [0.15, 0.2) is 0 Å². The fourth-order valence-corrected chi connectivity index (χ4v) is 6.12. The second-order valence-electron chi connectivity index (χ2n) is 11.5. The summed E-state index contributed by atoms with van der Waals surface area (Å²) in [6.45, 7) is 12.5. The standard InChI is InChI=1S/C26H35FN2O6Si/c1-7-8-9-10-11-18(30)29-21-19-16-13-12-15(35-36(5,6)25(2,3)4)14-17(16)34-22(31)20(19)26(21,27)23(32)28-24(29)33/h12-14,19-21H,7-11H2,1-6H3,(H,28,32,33)/t19-,20-,21-,26-/m0/s1. The van der Waals surface area contributed by atoms with E-state index in [1.165, 1.54) is 0 Å². The number of carbonyl (C=O) groups excluding carboxylic acids is 4. The lowest BCUT2D eigenvalue weighted by molar-refractivity contribution is -0.190. The van der Waals surface area contributed by atoms with Crippen molar-refractivity contribution in [3.8, 4) is 11.5 Å². The number of ether oxygens (including phenoxy) is 1. The maximum Gasteiger partial charge on any atom is 0.331 e. The van der Waals surface area contributed by atoms with Gasteiger partial charge in [-0.3, -0.25) is 24.6 Å². The minimum absolute atomic E-state index is 0.0553. The van der Waals surface area contributed by atoms with Crippen molar-refractivity contribution in [2.75, 3.05) is 0 Å². The third-order valence-electron chi connectivity index (χ3n) is 8.15. The Morgan fingerprint density at radius 3 is 2.53 bits per heavy atom. The number of alkyl halides is 1. The minimum Gasteiger partial charge on any atom is -0.543 e. The van der Waals surface area contributed by atoms with Gasteiger partial charge in [0.25, 0.3) is 5.91 Å². The van der Waals surface area contributed by atoms with Crippen LogP contribution in [0.2, 0.25) is 18.1 Å². The van der Waals surface area contributed by atoms with Crippen LogP contribution < -0.4 is 14.5 Å². The molecule has 2 heterocycles. The highest BCUT2D eigenvalue weighted by Gasteiger charge is 2.77. The van der Waals surface area contributed by atoms with E-state index in [2.05, 4.69) is 33.9 Å². The zero-order chi connectivity index (χ0) is 26.6. The topological polar surface area (TPSA) is 102 Å². The Labute approximate surface area is 212 Å². The smallest absolute Gasteiger partial charge is 0.331 e. The van der Waals surface area contributed by atoms with E-state index in [-0.39, 0.29) is 17.2 Å². The Hall–Kier alpha value is -2.75. The molecule has 0 bridgehead atoms. The molecule has 36 heavy (non-hydrogen) atoms. The molecule has 4 amide bonds. The maximum atomic E-state index is 16.2. The van der Waals surface area contributed by atoms with Crippen LogP contribution in [0.15, 0.2) is 18.2 Å². The summed E-state index contributed by atoms with van der Waals surface area (Å²) in [6, 6.07) is 2.67. The number of carbonyl (C=O) groups is 4. The van der Waals surface area contributed by atoms with Gasteiger partial charge in [-0.15, -0.1) is 0 Å². The number of unbranched alkanes of at least 4 members (excludes halogenated alkanes) is 3. The Morgan fingerprint density at radius 2 is 1.89 bits per heavy atom. The molecular weight excluding hydrogens is 483 g/mol. The monoisotopic (exact) mass is 518 g/mol. The van der Waals surface area contributed by atoms with E-state index in [9.17, 15) is 19.2 Å². The van der Waals surface area contributed by atoms with Crippen LogP contribution in [0.3, 0.4) is 0 Å². The highest BCUT2D eigenvalue weighted by Crippen LogP contribution is 2.61. The molecule has 1 N–H and O–H groups in total. The van der Waals surface area contributed by atoms with Crippen LogP contribution in [-0.2, 0) is 14.4 Å². The minimum atomic E-state index is -2.73. The van der Waals surface area contributed by atoms with Crippen molar-refractivity contribution in [1.82, 2.24) is 10.2 Å². The van der Waals surface area contributed by atoms with Crippen molar-refractivity contribution in [3.63, 3.8) is 0 Å². The highest BCUT2D eigenvalue weighted by atomic mass is 28.4. The van der Waals surface area contributed by atoms with E-state index in [1.54, 1.807) is 18.2 Å². The Kier molecular flexibility index (Phi) is 6.56. The molecule has 1 aromatic carbocycles. The number of hydrogen-bond donors (Lipinski definition) is 1. The van der Waals surface area contributed by atoms with E-state index < -0.39 is 55.7 Å². The first-order valence-corrected chi connectivity index (χ1v) is 15.6. The number of rotatable bonds is 7. The predicted molar refractivity (Wildman–Crippen MR) is 133 cm³/mol. The normalized spacial score (nSPS) is 27.2. The third-order valence-corrected chi connectivity index (χ3v) is 12.5. The summed E-state index contributed by atoms with van der Waals surface area (Å²) in [5.74, 6) is -4.23. The fraction of sp³-hybridized carbons (Fsp3) is 0.615. The van der Waals surface area contributed by atoms with Gasteiger partial charge in [-0.1, -0.05) is 53.0 Å². The van der Waals surface area contributed by atoms with Crippen molar-refractivity contribution in [1.29, 1.82) is 0 Å². The van der Waals surface area contributed by atoms with Crippen LogP contribution in [0.5, 0.6) is 11.5 Å². The lowest BCUT2D eigenvalue weighted by Gasteiger charge is -2.59. The summed E-state index contributed by atoms with van der Waals surface area (Å²) in [5, 5.41) is 1.88. The van der Waals surface area contributed by atoms with Crippen LogP contribution >= 0.6 is 0 Å². The van der Waals surface area contributed by atoms with E-state index >= 15 is 4.39 Å². The van der Waals surface area contributed by atoms with Crippen molar-refractivity contribution in [2.45, 2.75) is 95.6 Å². The van der Waals surface area contributed by atoms with Crippen LogP contribution in [-0.4, -0.2) is 48.7 Å². The number of urea groups is 1. The number of esters is 1. The number of fused-ring (bicyclic) bond motifs is 6. The number of benzene rings is 1. The van der Waals surface area contributed by atoms with Crippen LogP contribution in [0.25, 0.3) is 0 Å². The predicted octanol–water partition coefficient (Wildman–Crippen LogP) is 4.83. The maximum absolute atomic E-state index is 16.2. The number of nitrogens with one attached hydrogen (secondary N) is 1. The zero-order valence-corrected chi connectivity index (χ0v) is 22.8. The molecule has 1 aliphatic carbocycles. The first kappa shape index (κ1) is 26.3. The SMILES string of the molecule is CCCCCCC(=O)N1C(=O)NC(=O)[C@]2(F)[C@@H]3C(=O)Oc4cc(O[Si](C)(C)C(C)(C)C)ccc4[C@@H]3[C@H]12. The molecule has 0 radical (unpaired) electrons. The van der Waals surface area contributed by atoms with Gasteiger partial charge in [0.1, 0.15) is 17.4 Å². The first-order chi connectivity index (χ1) is 16.7. The lowest BCUT2D eigenvalue weighted by Crippen LogP contribution is -2.82.